The Hall–Kier alpha value is -1.80. The Bertz CT molecular complexity index is 639. The van der Waals surface area contributed by atoms with Crippen molar-refractivity contribution in [2.75, 3.05) is 50.5 Å². The minimum Gasteiger partial charge on any atom is -0.497 e. The molecule has 0 spiro atoms. The normalized spacial score (nSPS) is 15.2. The summed E-state index contributed by atoms with van der Waals surface area (Å²) in [5, 5.41) is 0. The smallest absolute Gasteiger partial charge is 0.232 e. The zero-order chi connectivity index (χ0) is 17.6. The van der Waals surface area contributed by atoms with E-state index in [1.54, 1.807) is 36.3 Å². The van der Waals surface area contributed by atoms with E-state index in [4.69, 9.17) is 9.47 Å². The van der Waals surface area contributed by atoms with Gasteiger partial charge in [0, 0.05) is 26.1 Å². The summed E-state index contributed by atoms with van der Waals surface area (Å²) < 4.78 is 35.7. The molecule has 0 radical (unpaired) electrons. The molecule has 0 N–H and O–H groups in total. The molecule has 0 saturated carbocycles. The first-order valence-electron chi connectivity index (χ1n) is 7.89. The van der Waals surface area contributed by atoms with Gasteiger partial charge in [-0.25, -0.2) is 8.42 Å². The molecule has 24 heavy (non-hydrogen) atoms. The number of morpholine rings is 1. The molecule has 134 valence electrons. The number of hydrogen-bond donors (Lipinski definition) is 0. The molecule has 8 heteroatoms. The molecule has 0 bridgehead atoms. The van der Waals surface area contributed by atoms with Crippen molar-refractivity contribution in [3.63, 3.8) is 0 Å². The summed E-state index contributed by atoms with van der Waals surface area (Å²) in [7, 11) is -1.86. The Balaban J connectivity index is 1.95. The average Bonchev–Trinajstić information content (AvgIpc) is 2.58. The number of ether oxygens (including phenoxy) is 2. The van der Waals surface area contributed by atoms with Crippen molar-refractivity contribution < 1.29 is 22.7 Å². The van der Waals surface area contributed by atoms with Crippen LogP contribution in [0.4, 0.5) is 5.69 Å². The number of carbonyl (C=O) groups is 1. The number of benzene rings is 1. The van der Waals surface area contributed by atoms with Crippen molar-refractivity contribution in [3.8, 4) is 5.75 Å². The van der Waals surface area contributed by atoms with Gasteiger partial charge in [-0.05, 0) is 30.7 Å². The average molecular weight is 356 g/mol. The zero-order valence-corrected chi connectivity index (χ0v) is 14.9. The largest absolute Gasteiger partial charge is 0.497 e. The van der Waals surface area contributed by atoms with Crippen molar-refractivity contribution in [2.24, 2.45) is 0 Å². The molecule has 1 saturated heterocycles. The number of nitrogens with zero attached hydrogens (tertiary/aromatic N) is 2. The predicted molar refractivity (Wildman–Crippen MR) is 91.8 cm³/mol. The number of methoxy groups -OCH3 is 1. The standard InChI is InChI=1S/C16H24N2O5S/c1-22-15-7-5-14(6-8-15)18(24(2,20)21)9-3-4-16(19)17-10-12-23-13-11-17/h5-8H,3-4,9-13H2,1-2H3. The number of anilines is 1. The van der Waals surface area contributed by atoms with Crippen LogP contribution >= 0.6 is 0 Å². The lowest BCUT2D eigenvalue weighted by Gasteiger charge is -2.27. The SMILES string of the molecule is COc1ccc(N(CCCC(=O)N2CCOCC2)S(C)(=O)=O)cc1. The van der Waals surface area contributed by atoms with Gasteiger partial charge in [-0.1, -0.05) is 0 Å². The second-order valence-electron chi connectivity index (χ2n) is 5.63. The summed E-state index contributed by atoms with van der Waals surface area (Å²) in [6, 6.07) is 6.83. The van der Waals surface area contributed by atoms with Crippen LogP contribution in [-0.4, -0.2) is 65.4 Å². The van der Waals surface area contributed by atoms with Crippen LogP contribution in [0.25, 0.3) is 0 Å². The molecule has 1 fully saturated rings. The van der Waals surface area contributed by atoms with E-state index < -0.39 is 10.0 Å². The summed E-state index contributed by atoms with van der Waals surface area (Å²) in [6.45, 7) is 2.60. The van der Waals surface area contributed by atoms with E-state index >= 15 is 0 Å². The summed E-state index contributed by atoms with van der Waals surface area (Å²) in [4.78, 5) is 13.9. The number of carbonyl (C=O) groups excluding carboxylic acids is 1. The molecule has 1 aromatic rings. The molecular formula is C16H24N2O5S. The Morgan fingerprint density at radius 1 is 1.25 bits per heavy atom. The van der Waals surface area contributed by atoms with Gasteiger partial charge in [-0.2, -0.15) is 0 Å². The van der Waals surface area contributed by atoms with Crippen LogP contribution in [0.15, 0.2) is 24.3 Å². The van der Waals surface area contributed by atoms with E-state index in [1.165, 1.54) is 10.6 Å². The molecule has 7 nitrogen and oxygen atoms in total. The first-order chi connectivity index (χ1) is 11.4. The first kappa shape index (κ1) is 18.5. The van der Waals surface area contributed by atoms with Crippen LogP contribution in [0.3, 0.4) is 0 Å². The number of rotatable bonds is 7. The zero-order valence-electron chi connectivity index (χ0n) is 14.1. The van der Waals surface area contributed by atoms with Crippen LogP contribution in [-0.2, 0) is 19.6 Å². The Labute approximate surface area is 143 Å². The molecule has 1 amide bonds. The van der Waals surface area contributed by atoms with Crippen molar-refractivity contribution in [3.05, 3.63) is 24.3 Å². The van der Waals surface area contributed by atoms with E-state index in [-0.39, 0.29) is 12.5 Å². The van der Waals surface area contributed by atoms with Gasteiger partial charge >= 0.3 is 0 Å². The monoisotopic (exact) mass is 356 g/mol. The van der Waals surface area contributed by atoms with Crippen LogP contribution < -0.4 is 9.04 Å². The van der Waals surface area contributed by atoms with E-state index in [9.17, 15) is 13.2 Å². The summed E-state index contributed by atoms with van der Waals surface area (Å²) in [6.07, 6.45) is 1.96. The highest BCUT2D eigenvalue weighted by atomic mass is 32.2. The van der Waals surface area contributed by atoms with E-state index in [0.717, 1.165) is 0 Å². The van der Waals surface area contributed by atoms with Crippen LogP contribution in [0, 0.1) is 0 Å². The molecule has 1 aliphatic rings. The summed E-state index contributed by atoms with van der Waals surface area (Å²) in [5.41, 5.74) is 0.567. The van der Waals surface area contributed by atoms with Gasteiger partial charge in [0.15, 0.2) is 0 Å². The van der Waals surface area contributed by atoms with E-state index in [1.807, 2.05) is 0 Å². The highest BCUT2D eigenvalue weighted by Crippen LogP contribution is 2.22. The molecule has 0 aromatic heterocycles. The summed E-state index contributed by atoms with van der Waals surface area (Å²) >= 11 is 0. The predicted octanol–water partition coefficient (Wildman–Crippen LogP) is 1.10. The van der Waals surface area contributed by atoms with Gasteiger partial charge in [0.2, 0.25) is 15.9 Å². The van der Waals surface area contributed by atoms with Crippen LogP contribution in [0.1, 0.15) is 12.8 Å². The highest BCUT2D eigenvalue weighted by Gasteiger charge is 2.20. The minimum atomic E-state index is -3.41. The maximum Gasteiger partial charge on any atom is 0.232 e. The topological polar surface area (TPSA) is 76.2 Å². The summed E-state index contributed by atoms with van der Waals surface area (Å²) in [5.74, 6) is 0.705. The van der Waals surface area contributed by atoms with Crippen molar-refractivity contribution in [2.45, 2.75) is 12.8 Å². The number of amides is 1. The fourth-order valence-electron chi connectivity index (χ4n) is 2.58. The van der Waals surface area contributed by atoms with Gasteiger partial charge in [0.25, 0.3) is 0 Å². The maximum absolute atomic E-state index is 12.1. The van der Waals surface area contributed by atoms with Crippen molar-refractivity contribution >= 4 is 21.6 Å². The van der Waals surface area contributed by atoms with Gasteiger partial charge in [-0.3, -0.25) is 9.10 Å². The quantitative estimate of drug-likeness (QED) is 0.731. The molecule has 0 aliphatic carbocycles. The van der Waals surface area contributed by atoms with Gasteiger partial charge in [0.05, 0.1) is 32.3 Å². The lowest BCUT2D eigenvalue weighted by molar-refractivity contribution is -0.135. The minimum absolute atomic E-state index is 0.0430. The Kier molecular flexibility index (Phi) is 6.44. The maximum atomic E-state index is 12.1. The fraction of sp³-hybridized carbons (Fsp3) is 0.562. The van der Waals surface area contributed by atoms with Crippen molar-refractivity contribution in [1.29, 1.82) is 0 Å². The highest BCUT2D eigenvalue weighted by molar-refractivity contribution is 7.92. The van der Waals surface area contributed by atoms with Gasteiger partial charge in [-0.15, -0.1) is 0 Å². The Morgan fingerprint density at radius 2 is 1.88 bits per heavy atom. The third-order valence-corrected chi connectivity index (χ3v) is 5.07. The Morgan fingerprint density at radius 3 is 2.42 bits per heavy atom. The van der Waals surface area contributed by atoms with Gasteiger partial charge in [0.1, 0.15) is 5.75 Å². The second-order valence-corrected chi connectivity index (χ2v) is 7.54. The molecule has 0 unspecified atom stereocenters. The van der Waals surface area contributed by atoms with Gasteiger partial charge < -0.3 is 14.4 Å². The fourth-order valence-corrected chi connectivity index (χ4v) is 3.55. The van der Waals surface area contributed by atoms with Crippen LogP contribution in [0.5, 0.6) is 5.75 Å². The molecule has 1 aromatic carbocycles. The second kappa shape index (κ2) is 8.34. The number of hydrogen-bond acceptors (Lipinski definition) is 5. The molecule has 2 rings (SSSR count). The molecule has 1 aliphatic heterocycles. The molecule has 0 atom stereocenters. The number of sulfonamides is 1. The van der Waals surface area contributed by atoms with Crippen LogP contribution in [0.2, 0.25) is 0 Å². The third-order valence-electron chi connectivity index (χ3n) is 3.88. The lowest BCUT2D eigenvalue weighted by atomic mass is 10.2. The first-order valence-corrected chi connectivity index (χ1v) is 9.74. The third kappa shape index (κ3) is 5.10. The van der Waals surface area contributed by atoms with E-state index in [0.29, 0.717) is 50.6 Å². The molecular weight excluding hydrogens is 332 g/mol. The van der Waals surface area contributed by atoms with E-state index in [2.05, 4.69) is 0 Å². The lowest BCUT2D eigenvalue weighted by Crippen LogP contribution is -2.41. The van der Waals surface area contributed by atoms with Crippen molar-refractivity contribution in [1.82, 2.24) is 4.90 Å². The molecule has 1 heterocycles.